The summed E-state index contributed by atoms with van der Waals surface area (Å²) in [5, 5.41) is 26.0. The van der Waals surface area contributed by atoms with Gasteiger partial charge < -0.3 is 48.5 Å². The first-order chi connectivity index (χ1) is 33.2. The van der Waals surface area contributed by atoms with Crippen LogP contribution in [0, 0.1) is 23.7 Å². The Morgan fingerprint density at radius 1 is 0.729 bits per heavy atom. The fourth-order valence-electron chi connectivity index (χ4n) is 7.51. The Morgan fingerprint density at radius 3 is 1.97 bits per heavy atom. The smallest absolute Gasteiger partial charge is 0.304 e. The third kappa shape index (κ3) is 22.6. The number of Topliss-reactive ketones (excluding diaryl/α,β-unsaturated/α-hetero) is 4. The van der Waals surface area contributed by atoms with Crippen LogP contribution < -0.4 is 43.4 Å². The second kappa shape index (κ2) is 31.6. The molecule has 2 aliphatic rings. The highest BCUT2D eigenvalue weighted by Gasteiger charge is 2.36. The molecule has 0 aliphatic carbocycles. The fourth-order valence-corrected chi connectivity index (χ4v) is 11.7. The van der Waals surface area contributed by atoms with Gasteiger partial charge in [-0.1, -0.05) is 90.4 Å². The van der Waals surface area contributed by atoms with Crippen LogP contribution in [0.1, 0.15) is 91.0 Å². The lowest BCUT2D eigenvalue weighted by Crippen LogP contribution is -2.52. The minimum absolute atomic E-state index is 0.0575. The van der Waals surface area contributed by atoms with Crippen molar-refractivity contribution in [2.45, 2.75) is 122 Å². The van der Waals surface area contributed by atoms with E-state index in [4.69, 9.17) is 11.5 Å². The molecule has 0 saturated carbocycles. The molecule has 7 atom stereocenters. The summed E-state index contributed by atoms with van der Waals surface area (Å²) in [6, 6.07) is 4.30. The molecule has 388 valence electrons. The number of hydrogen-bond acceptors (Lipinski definition) is 16. The summed E-state index contributed by atoms with van der Waals surface area (Å²) in [7, 11) is 3.87. The van der Waals surface area contributed by atoms with E-state index in [-0.39, 0.29) is 67.3 Å². The molecule has 2 saturated heterocycles. The Hall–Kier alpha value is -4.65. The van der Waals surface area contributed by atoms with Crippen LogP contribution in [0.15, 0.2) is 35.3 Å². The first-order valence-corrected chi connectivity index (χ1v) is 28.2. The molecule has 20 nitrogen and oxygen atoms in total. The van der Waals surface area contributed by atoms with E-state index < -0.39 is 132 Å². The van der Waals surface area contributed by atoms with Gasteiger partial charge in [-0.25, -0.2) is 0 Å². The van der Waals surface area contributed by atoms with Gasteiger partial charge in [0, 0.05) is 77.7 Å². The molecular formula is C46H69N9O11S4. The van der Waals surface area contributed by atoms with Crippen molar-refractivity contribution in [3.05, 3.63) is 35.9 Å². The summed E-state index contributed by atoms with van der Waals surface area (Å²) in [6.45, 7) is 7.48. The zero-order valence-corrected chi connectivity index (χ0v) is 43.4. The maximum absolute atomic E-state index is 14.5. The molecule has 2 heterocycles. The number of hydrogen-bond donors (Lipinski definition) is 9. The molecule has 0 spiro atoms. The Labute approximate surface area is 425 Å². The molecule has 0 unspecified atom stereocenters. The second-order valence-corrected chi connectivity index (χ2v) is 22.8. The molecule has 2 aliphatic heterocycles. The second-order valence-electron chi connectivity index (χ2n) is 17.9. The highest BCUT2D eigenvalue weighted by molar-refractivity contribution is 8.82. The molecule has 3 rings (SSSR count). The number of guanidine groups is 1. The minimum atomic E-state index is -1.46. The SMILES string of the molecule is CC(C)NCCCC[C@@H]1NC(=O)SSC[C@@H](C(=O)C(C)C)NC(=O)[C@H](Cc2ccccc2)CC(=O)[C@@H]2CSSC[C@H](NC1=O)C(=O)C[C@@H](CCCN=C(N)N)C(=O)NCC(=O)C[C@@H](CC(=O)O)C(=O)N2. The van der Waals surface area contributed by atoms with E-state index in [0.29, 0.717) is 24.9 Å². The van der Waals surface area contributed by atoms with Gasteiger partial charge in [0.2, 0.25) is 23.6 Å². The first kappa shape index (κ1) is 59.7. The van der Waals surface area contributed by atoms with Crippen molar-refractivity contribution in [1.29, 1.82) is 0 Å². The predicted octanol–water partition coefficient (Wildman–Crippen LogP) is 2.32. The van der Waals surface area contributed by atoms with E-state index in [2.05, 4.69) is 36.9 Å². The number of benzene rings is 1. The Kier molecular flexibility index (Phi) is 27.0. The van der Waals surface area contributed by atoms with Gasteiger partial charge in [-0.15, -0.1) is 0 Å². The summed E-state index contributed by atoms with van der Waals surface area (Å²) in [6.07, 6.45) is -0.477. The van der Waals surface area contributed by atoms with Crippen molar-refractivity contribution in [3.8, 4) is 0 Å². The van der Waals surface area contributed by atoms with Gasteiger partial charge in [0.25, 0.3) is 5.24 Å². The quantitative estimate of drug-likeness (QED) is 0.0496. The minimum Gasteiger partial charge on any atom is -0.481 e. The van der Waals surface area contributed by atoms with E-state index in [9.17, 15) is 53.1 Å². The zero-order valence-electron chi connectivity index (χ0n) is 40.2. The highest BCUT2D eigenvalue weighted by Crippen LogP contribution is 2.28. The lowest BCUT2D eigenvalue weighted by Gasteiger charge is -2.26. The maximum atomic E-state index is 14.5. The van der Waals surface area contributed by atoms with Crippen LogP contribution in [-0.4, -0.2) is 136 Å². The lowest BCUT2D eigenvalue weighted by molar-refractivity contribution is -0.142. The van der Waals surface area contributed by atoms with E-state index in [1.165, 1.54) is 0 Å². The van der Waals surface area contributed by atoms with Crippen LogP contribution in [0.2, 0.25) is 0 Å². The monoisotopic (exact) mass is 1050 g/mol. The molecule has 2 bridgehead atoms. The number of carboxylic acids is 1. The molecule has 1 aromatic rings. The summed E-state index contributed by atoms with van der Waals surface area (Å²) >= 11 is 0. The van der Waals surface area contributed by atoms with Crippen LogP contribution in [-0.2, 0) is 49.6 Å². The molecule has 5 amide bonds. The lowest BCUT2D eigenvalue weighted by atomic mass is 9.90. The van der Waals surface area contributed by atoms with Crippen LogP contribution in [0.5, 0.6) is 0 Å². The van der Waals surface area contributed by atoms with Crippen LogP contribution in [0.3, 0.4) is 0 Å². The van der Waals surface area contributed by atoms with Gasteiger partial charge in [0.15, 0.2) is 29.1 Å². The Morgan fingerprint density at radius 2 is 1.36 bits per heavy atom. The maximum Gasteiger partial charge on any atom is 0.304 e. The number of rotatable bonds is 16. The number of nitrogens with one attached hydrogen (secondary N) is 6. The van der Waals surface area contributed by atoms with Gasteiger partial charge in [0.05, 0.1) is 37.0 Å². The Bertz CT molecular complexity index is 2010. The average molecular weight is 1050 g/mol. The van der Waals surface area contributed by atoms with Crippen LogP contribution >= 0.6 is 43.2 Å². The van der Waals surface area contributed by atoms with Crippen molar-refractivity contribution in [3.63, 3.8) is 0 Å². The van der Waals surface area contributed by atoms with Crippen LogP contribution in [0.4, 0.5) is 4.79 Å². The van der Waals surface area contributed by atoms with E-state index in [0.717, 1.165) is 43.2 Å². The summed E-state index contributed by atoms with van der Waals surface area (Å²) in [5.41, 5.74) is 11.7. The van der Waals surface area contributed by atoms with E-state index >= 15 is 0 Å². The molecule has 1 aromatic carbocycles. The number of unbranched alkanes of at least 4 members (excludes halogenated alkanes) is 1. The number of fused-ring (bicyclic) bond motifs is 5. The predicted molar refractivity (Wildman–Crippen MR) is 275 cm³/mol. The topological polar surface area (TPSA) is 328 Å². The number of nitrogens with zero attached hydrogens (tertiary/aromatic N) is 1. The zero-order chi connectivity index (χ0) is 51.8. The first-order valence-electron chi connectivity index (χ1n) is 23.4. The number of amides is 5. The molecule has 11 N–H and O–H groups in total. The molecule has 70 heavy (non-hydrogen) atoms. The molecular weight excluding hydrogens is 983 g/mol. The molecule has 2 fully saturated rings. The Balaban J connectivity index is 2.16. The van der Waals surface area contributed by atoms with Crippen molar-refractivity contribution < 1.29 is 53.1 Å². The third-order valence-corrected chi connectivity index (χ3v) is 15.8. The average Bonchev–Trinajstić information content (AvgIpc) is 3.29. The van der Waals surface area contributed by atoms with Crippen molar-refractivity contribution >= 4 is 107 Å². The molecule has 24 heteroatoms. The number of ketones is 4. The number of carbonyl (C=O) groups excluding carboxylic acids is 9. The third-order valence-electron chi connectivity index (χ3n) is 11.3. The van der Waals surface area contributed by atoms with Gasteiger partial charge >= 0.3 is 5.97 Å². The number of aliphatic imine (C=N–C) groups is 1. The van der Waals surface area contributed by atoms with Crippen LogP contribution in [0.25, 0.3) is 0 Å². The summed E-state index contributed by atoms with van der Waals surface area (Å²) in [5.74, 6) is -11.1. The van der Waals surface area contributed by atoms with Gasteiger partial charge in [-0.3, -0.25) is 52.9 Å². The largest absolute Gasteiger partial charge is 0.481 e. The number of aliphatic carboxylic acids is 1. The normalized spacial score (nSPS) is 24.6. The number of carboxylic acid groups (broad SMARTS) is 1. The highest BCUT2D eigenvalue weighted by atomic mass is 33.1. The van der Waals surface area contributed by atoms with E-state index in [1.807, 2.05) is 13.8 Å². The number of nitrogens with two attached hydrogens (primary N) is 2. The molecule has 0 aromatic heterocycles. The summed E-state index contributed by atoms with van der Waals surface area (Å²) < 4.78 is 0. The van der Waals surface area contributed by atoms with Gasteiger partial charge in [-0.2, -0.15) is 0 Å². The standard InChI is InChI=1S/C46H69N9O11S4/c1-26(2)40(61)36-25-69-70-46(66)55-33(14-8-9-15-49-27(3)4)44(65)53-35-24-68-67-23-34(38(58)20-30(42(63)54-36)17-28-11-6-5-7-12-28)52-43(64)31(21-39(59)60)18-32(56)22-51-41(62)29(19-37(35)57)13-10-16-50-45(47)48/h5-7,11-12,26-27,29-31,33-36,49H,8-10,13-25H2,1-4H3,(H,51,62)(H,52,64)(H,53,65)(H,54,63)(H,55,66)(H,59,60)(H4,47,48,50)/t29-,30-,31+,33+,34+,35+,36+/m1/s1. The van der Waals surface area contributed by atoms with Gasteiger partial charge in [-0.05, 0) is 50.6 Å². The fraction of sp³-hybridized carbons (Fsp3) is 0.630. The number of carbonyl (C=O) groups is 10. The van der Waals surface area contributed by atoms with E-state index in [1.54, 1.807) is 44.2 Å². The van der Waals surface area contributed by atoms with Crippen molar-refractivity contribution in [2.75, 3.05) is 36.9 Å². The van der Waals surface area contributed by atoms with Crippen molar-refractivity contribution in [2.24, 2.45) is 40.1 Å². The van der Waals surface area contributed by atoms with Crippen molar-refractivity contribution in [1.82, 2.24) is 31.9 Å². The van der Waals surface area contributed by atoms with Gasteiger partial charge in [0.1, 0.15) is 6.04 Å². The summed E-state index contributed by atoms with van der Waals surface area (Å²) in [4.78, 5) is 142. The molecule has 0 radical (unpaired) electrons.